The molecular formula is C8H13FO4S. The van der Waals surface area contributed by atoms with E-state index in [1.54, 1.807) is 0 Å². The van der Waals surface area contributed by atoms with Gasteiger partial charge in [-0.15, -0.1) is 0 Å². The van der Waals surface area contributed by atoms with Crippen LogP contribution in [0.15, 0.2) is 0 Å². The minimum atomic E-state index is -3.23. The summed E-state index contributed by atoms with van der Waals surface area (Å²) in [7, 11) is -2.00. The Morgan fingerprint density at radius 2 is 2.21 bits per heavy atom. The van der Waals surface area contributed by atoms with Crippen molar-refractivity contribution in [3.8, 4) is 0 Å². The molecule has 0 aromatic heterocycles. The van der Waals surface area contributed by atoms with Crippen LogP contribution in [0, 0.1) is 5.92 Å². The van der Waals surface area contributed by atoms with E-state index in [4.69, 9.17) is 0 Å². The number of carbonyl (C=O) groups is 1. The van der Waals surface area contributed by atoms with Crippen molar-refractivity contribution in [2.45, 2.75) is 19.0 Å². The van der Waals surface area contributed by atoms with Crippen LogP contribution in [0.25, 0.3) is 0 Å². The topological polar surface area (TPSA) is 60.4 Å². The number of alkyl halides is 1. The van der Waals surface area contributed by atoms with Crippen LogP contribution in [-0.4, -0.2) is 39.2 Å². The SMILES string of the molecule is COC(=O)C[C@@H]1CCS(=O)(=O)C[C@H]1F. The number of ether oxygens (including phenoxy) is 1. The Bertz CT molecular complexity index is 311. The Morgan fingerprint density at radius 3 is 2.71 bits per heavy atom. The van der Waals surface area contributed by atoms with Crippen LogP contribution in [-0.2, 0) is 19.4 Å². The van der Waals surface area contributed by atoms with Crippen LogP contribution in [0.2, 0.25) is 0 Å². The largest absolute Gasteiger partial charge is 0.469 e. The van der Waals surface area contributed by atoms with Crippen molar-refractivity contribution in [2.75, 3.05) is 18.6 Å². The van der Waals surface area contributed by atoms with E-state index >= 15 is 0 Å². The van der Waals surface area contributed by atoms with Crippen LogP contribution >= 0.6 is 0 Å². The van der Waals surface area contributed by atoms with Gasteiger partial charge in [-0.3, -0.25) is 4.79 Å². The van der Waals surface area contributed by atoms with E-state index in [1.165, 1.54) is 7.11 Å². The first-order valence-electron chi connectivity index (χ1n) is 4.36. The van der Waals surface area contributed by atoms with Gasteiger partial charge < -0.3 is 4.74 Å². The standard InChI is InChI=1S/C8H13FO4S/c1-13-8(10)4-6-2-3-14(11,12)5-7(6)9/h6-7H,2-5H2,1H3/t6-,7+/m0/s1. The second-order valence-corrected chi connectivity index (χ2v) is 5.69. The summed E-state index contributed by atoms with van der Waals surface area (Å²) in [6, 6.07) is 0. The molecule has 1 saturated heterocycles. The van der Waals surface area contributed by atoms with Gasteiger partial charge in [-0.1, -0.05) is 0 Å². The van der Waals surface area contributed by atoms with Crippen LogP contribution in [0.3, 0.4) is 0 Å². The first-order valence-corrected chi connectivity index (χ1v) is 6.18. The molecule has 2 atom stereocenters. The van der Waals surface area contributed by atoms with Crippen molar-refractivity contribution in [3.63, 3.8) is 0 Å². The van der Waals surface area contributed by atoms with E-state index in [0.29, 0.717) is 0 Å². The lowest BCUT2D eigenvalue weighted by Gasteiger charge is -2.24. The van der Waals surface area contributed by atoms with Crippen LogP contribution in [0.4, 0.5) is 4.39 Å². The zero-order chi connectivity index (χ0) is 10.8. The Morgan fingerprint density at radius 1 is 1.57 bits per heavy atom. The molecule has 1 fully saturated rings. The monoisotopic (exact) mass is 224 g/mol. The third-order valence-corrected chi connectivity index (χ3v) is 4.06. The summed E-state index contributed by atoms with van der Waals surface area (Å²) in [5.74, 6) is -1.49. The van der Waals surface area contributed by atoms with Gasteiger partial charge in [0, 0.05) is 5.92 Å². The van der Waals surface area contributed by atoms with Crippen molar-refractivity contribution < 1.29 is 22.3 Å². The lowest BCUT2D eigenvalue weighted by molar-refractivity contribution is -0.142. The van der Waals surface area contributed by atoms with E-state index in [1.807, 2.05) is 0 Å². The molecule has 1 aliphatic heterocycles. The number of esters is 1. The minimum absolute atomic E-state index is 0.0327. The summed E-state index contributed by atoms with van der Waals surface area (Å²) in [6.07, 6.45) is -1.26. The average Bonchev–Trinajstić information content (AvgIpc) is 2.09. The molecular weight excluding hydrogens is 211 g/mol. The maximum absolute atomic E-state index is 13.3. The normalized spacial score (nSPS) is 31.0. The molecule has 6 heteroatoms. The molecule has 14 heavy (non-hydrogen) atoms. The second-order valence-electron chi connectivity index (χ2n) is 3.46. The maximum atomic E-state index is 13.3. The van der Waals surface area contributed by atoms with Crippen molar-refractivity contribution >= 4 is 15.8 Å². The number of carbonyl (C=O) groups excluding carboxylic acids is 1. The summed E-state index contributed by atoms with van der Waals surface area (Å²) in [6.45, 7) is 0. The van der Waals surface area contributed by atoms with E-state index in [-0.39, 0.29) is 18.6 Å². The highest BCUT2D eigenvalue weighted by Gasteiger charge is 2.34. The van der Waals surface area contributed by atoms with Gasteiger partial charge >= 0.3 is 5.97 Å². The maximum Gasteiger partial charge on any atom is 0.305 e. The fourth-order valence-corrected chi connectivity index (χ4v) is 3.09. The van der Waals surface area contributed by atoms with Gasteiger partial charge in [0.2, 0.25) is 0 Å². The molecule has 0 aromatic carbocycles. The molecule has 1 rings (SSSR count). The van der Waals surface area contributed by atoms with Gasteiger partial charge in [-0.2, -0.15) is 0 Å². The van der Waals surface area contributed by atoms with Crippen molar-refractivity contribution in [2.24, 2.45) is 5.92 Å². The van der Waals surface area contributed by atoms with Crippen LogP contribution in [0.5, 0.6) is 0 Å². The van der Waals surface area contributed by atoms with Gasteiger partial charge in [0.05, 0.1) is 25.0 Å². The van der Waals surface area contributed by atoms with Gasteiger partial charge in [0.15, 0.2) is 9.84 Å². The summed E-state index contributed by atoms with van der Waals surface area (Å²) >= 11 is 0. The van der Waals surface area contributed by atoms with Gasteiger partial charge in [-0.25, -0.2) is 12.8 Å². The summed E-state index contributed by atoms with van der Waals surface area (Å²) in [5, 5.41) is 0. The van der Waals surface area contributed by atoms with E-state index in [0.717, 1.165) is 0 Å². The molecule has 4 nitrogen and oxygen atoms in total. The lowest BCUT2D eigenvalue weighted by atomic mass is 9.97. The van der Waals surface area contributed by atoms with Crippen molar-refractivity contribution in [3.05, 3.63) is 0 Å². The third-order valence-electron chi connectivity index (χ3n) is 2.38. The second kappa shape index (κ2) is 4.25. The third kappa shape index (κ3) is 2.94. The molecule has 0 unspecified atom stereocenters. The molecule has 82 valence electrons. The van der Waals surface area contributed by atoms with Crippen LogP contribution in [0.1, 0.15) is 12.8 Å². The summed E-state index contributed by atoms with van der Waals surface area (Å²) in [4.78, 5) is 10.8. The molecule has 0 saturated carbocycles. The van der Waals surface area contributed by atoms with Gasteiger partial charge in [0.25, 0.3) is 0 Å². The predicted octanol–water partition coefficient (Wildman–Crippen LogP) is 0.322. The molecule has 0 aliphatic carbocycles. The Labute approximate surface area is 82.4 Å². The molecule has 0 bridgehead atoms. The fourth-order valence-electron chi connectivity index (χ4n) is 1.50. The zero-order valence-electron chi connectivity index (χ0n) is 7.90. The molecule has 1 heterocycles. The first-order chi connectivity index (χ1) is 6.44. The van der Waals surface area contributed by atoms with Gasteiger partial charge in [0.1, 0.15) is 6.17 Å². The Balaban J connectivity index is 2.54. The number of halogens is 1. The first kappa shape index (κ1) is 11.4. The zero-order valence-corrected chi connectivity index (χ0v) is 8.72. The molecule has 0 N–H and O–H groups in total. The van der Waals surface area contributed by atoms with Gasteiger partial charge in [-0.05, 0) is 6.42 Å². The molecule has 0 radical (unpaired) electrons. The number of sulfone groups is 1. The fraction of sp³-hybridized carbons (Fsp3) is 0.875. The van der Waals surface area contributed by atoms with Crippen molar-refractivity contribution in [1.82, 2.24) is 0 Å². The Kier molecular flexibility index (Phi) is 3.47. The Hall–Kier alpha value is -0.650. The highest BCUT2D eigenvalue weighted by molar-refractivity contribution is 7.91. The number of hydrogen-bond donors (Lipinski definition) is 0. The van der Waals surface area contributed by atoms with Crippen LogP contribution < -0.4 is 0 Å². The smallest absolute Gasteiger partial charge is 0.305 e. The van der Waals surface area contributed by atoms with Crippen molar-refractivity contribution in [1.29, 1.82) is 0 Å². The number of rotatable bonds is 2. The lowest BCUT2D eigenvalue weighted by Crippen LogP contribution is -2.35. The van der Waals surface area contributed by atoms with E-state index in [2.05, 4.69) is 4.74 Å². The molecule has 0 spiro atoms. The quantitative estimate of drug-likeness (QED) is 0.634. The highest BCUT2D eigenvalue weighted by Crippen LogP contribution is 2.25. The minimum Gasteiger partial charge on any atom is -0.469 e. The van der Waals surface area contributed by atoms with E-state index in [9.17, 15) is 17.6 Å². The molecule has 0 amide bonds. The predicted molar refractivity (Wildman–Crippen MR) is 48.3 cm³/mol. The summed E-state index contributed by atoms with van der Waals surface area (Å²) in [5.41, 5.74) is 0. The molecule has 0 aromatic rings. The number of methoxy groups -OCH3 is 1. The number of hydrogen-bond acceptors (Lipinski definition) is 4. The highest BCUT2D eigenvalue weighted by atomic mass is 32.2. The van der Waals surface area contributed by atoms with E-state index < -0.39 is 33.6 Å². The average molecular weight is 224 g/mol. The molecule has 1 aliphatic rings. The summed E-state index contributed by atoms with van der Waals surface area (Å²) < 4.78 is 39.7.